The molecule has 0 aromatic rings. The molecule has 0 fully saturated rings. The van der Waals surface area contributed by atoms with Gasteiger partial charge in [-0.15, -0.1) is 0 Å². The van der Waals surface area contributed by atoms with Crippen LogP contribution >= 0.6 is 0 Å². The average Bonchev–Trinajstić information content (AvgIpc) is 2.34. The van der Waals surface area contributed by atoms with Crippen LogP contribution in [-0.4, -0.2) is 0 Å². The zero-order valence-corrected chi connectivity index (χ0v) is 14.1. The van der Waals surface area contributed by atoms with Gasteiger partial charge in [-0.05, 0) is 18.8 Å². The Morgan fingerprint density at radius 2 is 0.895 bits per heavy atom. The molecule has 0 aliphatic heterocycles. The van der Waals surface area contributed by atoms with Crippen molar-refractivity contribution < 1.29 is 0 Å². The van der Waals surface area contributed by atoms with Crippen LogP contribution in [0.5, 0.6) is 0 Å². The van der Waals surface area contributed by atoms with Crippen molar-refractivity contribution in [2.24, 2.45) is 5.41 Å². The van der Waals surface area contributed by atoms with Crippen LogP contribution in [0, 0.1) is 12.3 Å². The third-order valence-corrected chi connectivity index (χ3v) is 3.96. The van der Waals surface area contributed by atoms with Crippen molar-refractivity contribution in [3.8, 4) is 0 Å². The number of unbranched alkanes of at least 4 members (excludes halogenated alkanes) is 12. The molecule has 0 saturated carbocycles. The van der Waals surface area contributed by atoms with Gasteiger partial charge in [0, 0.05) is 0 Å². The average molecular weight is 268 g/mol. The van der Waals surface area contributed by atoms with Crippen molar-refractivity contribution in [3.05, 3.63) is 6.92 Å². The summed E-state index contributed by atoms with van der Waals surface area (Å²) in [6.07, 6.45) is 20.0. The van der Waals surface area contributed by atoms with Gasteiger partial charge in [0.2, 0.25) is 0 Å². The van der Waals surface area contributed by atoms with Crippen molar-refractivity contribution >= 4 is 0 Å². The fourth-order valence-corrected chi connectivity index (χ4v) is 2.62. The van der Waals surface area contributed by atoms with Gasteiger partial charge in [-0.25, -0.2) is 0 Å². The molecule has 0 heteroatoms. The van der Waals surface area contributed by atoms with E-state index in [1.165, 1.54) is 89.9 Å². The molecule has 0 heterocycles. The molecule has 0 spiro atoms. The maximum atomic E-state index is 4.16. The first-order valence-electron chi connectivity index (χ1n) is 8.91. The maximum Gasteiger partial charge on any atom is -0.0354 e. The molecular weight excluding hydrogens is 228 g/mol. The predicted octanol–water partition coefficient (Wildman–Crippen LogP) is 7.33. The Morgan fingerprint density at radius 1 is 0.579 bits per heavy atom. The molecule has 0 aliphatic carbocycles. The minimum absolute atomic E-state index is 0.289. The lowest BCUT2D eigenvalue weighted by Gasteiger charge is -2.17. The summed E-state index contributed by atoms with van der Waals surface area (Å²) >= 11 is 0. The predicted molar refractivity (Wildman–Crippen MR) is 89.5 cm³/mol. The van der Waals surface area contributed by atoms with Crippen LogP contribution < -0.4 is 0 Å². The fraction of sp³-hybridized carbons (Fsp3) is 0.947. The van der Waals surface area contributed by atoms with Crippen LogP contribution in [0.4, 0.5) is 0 Å². The standard InChI is InChI=1S/C19H39/c1-5-6-7-8-9-10-11-12-13-14-15-16-17-18-19(2,3)4/h2,5-18H2,1,3-4H3. The topological polar surface area (TPSA) is 0 Å². The van der Waals surface area contributed by atoms with Crippen molar-refractivity contribution in [2.75, 3.05) is 0 Å². The maximum absolute atomic E-state index is 4.16. The SMILES string of the molecule is [CH2]C(C)(C)CCCCCCCCCCCCCCC. The highest BCUT2D eigenvalue weighted by atomic mass is 14.1. The second-order valence-corrected chi connectivity index (χ2v) is 7.16. The smallest absolute Gasteiger partial charge is 0.0354 e. The Balaban J connectivity index is 2.99. The normalized spacial score (nSPS) is 12.0. The van der Waals surface area contributed by atoms with Gasteiger partial charge in [-0.1, -0.05) is 104 Å². The number of hydrogen-bond acceptors (Lipinski definition) is 0. The quantitative estimate of drug-likeness (QED) is 0.289. The van der Waals surface area contributed by atoms with E-state index in [9.17, 15) is 0 Å². The number of rotatable bonds is 14. The lowest BCUT2D eigenvalue weighted by molar-refractivity contribution is 0.403. The van der Waals surface area contributed by atoms with Gasteiger partial charge in [0.15, 0.2) is 0 Å². The number of hydrogen-bond donors (Lipinski definition) is 0. The summed E-state index contributed by atoms with van der Waals surface area (Å²) in [5.41, 5.74) is 0.289. The van der Waals surface area contributed by atoms with Gasteiger partial charge in [-0.3, -0.25) is 0 Å². The van der Waals surface area contributed by atoms with Gasteiger partial charge >= 0.3 is 0 Å². The van der Waals surface area contributed by atoms with E-state index < -0.39 is 0 Å². The summed E-state index contributed by atoms with van der Waals surface area (Å²) in [7, 11) is 0. The highest BCUT2D eigenvalue weighted by molar-refractivity contribution is 4.69. The summed E-state index contributed by atoms with van der Waals surface area (Å²) in [5.74, 6) is 0. The summed E-state index contributed by atoms with van der Waals surface area (Å²) in [5, 5.41) is 0. The minimum Gasteiger partial charge on any atom is -0.0654 e. The van der Waals surface area contributed by atoms with E-state index in [1.807, 2.05) is 0 Å². The molecule has 0 rings (SSSR count). The molecule has 0 aromatic carbocycles. The summed E-state index contributed by atoms with van der Waals surface area (Å²) < 4.78 is 0. The monoisotopic (exact) mass is 267 g/mol. The first-order chi connectivity index (χ1) is 9.06. The zero-order valence-electron chi connectivity index (χ0n) is 14.1. The van der Waals surface area contributed by atoms with Crippen LogP contribution in [0.25, 0.3) is 0 Å². The molecule has 0 aliphatic rings. The Labute approximate surface area is 123 Å². The Morgan fingerprint density at radius 3 is 1.21 bits per heavy atom. The van der Waals surface area contributed by atoms with Crippen LogP contribution in [0.2, 0.25) is 0 Å². The molecule has 19 heavy (non-hydrogen) atoms. The molecule has 0 nitrogen and oxygen atoms in total. The van der Waals surface area contributed by atoms with Gasteiger partial charge in [0.25, 0.3) is 0 Å². The van der Waals surface area contributed by atoms with Crippen molar-refractivity contribution in [3.63, 3.8) is 0 Å². The molecule has 0 atom stereocenters. The lowest BCUT2D eigenvalue weighted by Crippen LogP contribution is -2.04. The molecule has 0 amide bonds. The molecule has 115 valence electrons. The van der Waals surface area contributed by atoms with E-state index in [-0.39, 0.29) is 5.41 Å². The highest BCUT2D eigenvalue weighted by Crippen LogP contribution is 2.22. The molecule has 0 saturated heterocycles. The molecule has 1 radical (unpaired) electrons. The third-order valence-electron chi connectivity index (χ3n) is 3.96. The second kappa shape index (κ2) is 13.0. The van der Waals surface area contributed by atoms with E-state index in [0.29, 0.717) is 0 Å². The van der Waals surface area contributed by atoms with Crippen molar-refractivity contribution in [1.82, 2.24) is 0 Å². The van der Waals surface area contributed by atoms with Gasteiger partial charge in [0.1, 0.15) is 0 Å². The zero-order chi connectivity index (χ0) is 14.4. The Kier molecular flexibility index (Phi) is 13.0. The highest BCUT2D eigenvalue weighted by Gasteiger charge is 2.08. The largest absolute Gasteiger partial charge is 0.0654 e. The van der Waals surface area contributed by atoms with Gasteiger partial charge < -0.3 is 0 Å². The molecule has 0 bridgehead atoms. The Hall–Kier alpha value is 0. The first kappa shape index (κ1) is 19.0. The van der Waals surface area contributed by atoms with Gasteiger partial charge in [-0.2, -0.15) is 0 Å². The lowest BCUT2D eigenvalue weighted by atomic mass is 9.89. The molecule has 0 N–H and O–H groups in total. The van der Waals surface area contributed by atoms with Crippen LogP contribution in [0.1, 0.15) is 111 Å². The Bertz CT molecular complexity index is 163. The van der Waals surface area contributed by atoms with E-state index in [0.717, 1.165) is 0 Å². The van der Waals surface area contributed by atoms with E-state index in [4.69, 9.17) is 0 Å². The summed E-state index contributed by atoms with van der Waals surface area (Å²) in [6.45, 7) is 10.9. The minimum atomic E-state index is 0.289. The van der Waals surface area contributed by atoms with Crippen LogP contribution in [-0.2, 0) is 0 Å². The van der Waals surface area contributed by atoms with E-state index >= 15 is 0 Å². The van der Waals surface area contributed by atoms with E-state index in [2.05, 4.69) is 27.7 Å². The second-order valence-electron chi connectivity index (χ2n) is 7.16. The van der Waals surface area contributed by atoms with Gasteiger partial charge in [0.05, 0.1) is 0 Å². The van der Waals surface area contributed by atoms with Crippen molar-refractivity contribution in [1.29, 1.82) is 0 Å². The molecule has 0 aromatic heterocycles. The third kappa shape index (κ3) is 18.0. The van der Waals surface area contributed by atoms with Crippen LogP contribution in [0.15, 0.2) is 0 Å². The van der Waals surface area contributed by atoms with Crippen molar-refractivity contribution in [2.45, 2.75) is 111 Å². The molecular formula is C19H39. The first-order valence-corrected chi connectivity index (χ1v) is 8.91. The van der Waals surface area contributed by atoms with E-state index in [1.54, 1.807) is 0 Å². The summed E-state index contributed by atoms with van der Waals surface area (Å²) in [6, 6.07) is 0. The molecule has 0 unspecified atom stereocenters. The summed E-state index contributed by atoms with van der Waals surface area (Å²) in [4.78, 5) is 0. The fourth-order valence-electron chi connectivity index (χ4n) is 2.62. The van der Waals surface area contributed by atoms with Crippen LogP contribution in [0.3, 0.4) is 0 Å².